The van der Waals surface area contributed by atoms with Gasteiger partial charge in [0.25, 0.3) is 6.47 Å². The van der Waals surface area contributed by atoms with Crippen molar-refractivity contribution in [1.82, 2.24) is 30.4 Å². The quantitative estimate of drug-likeness (QED) is 0.0865. The van der Waals surface area contributed by atoms with Crippen molar-refractivity contribution in [1.29, 1.82) is 0 Å². The predicted octanol–water partition coefficient (Wildman–Crippen LogP) is 0.332. The first-order valence-corrected chi connectivity index (χ1v) is 14.0. The van der Waals surface area contributed by atoms with Gasteiger partial charge in [0.2, 0.25) is 5.91 Å². The van der Waals surface area contributed by atoms with Gasteiger partial charge in [0, 0.05) is 58.4 Å². The molecule has 41 heavy (non-hydrogen) atoms. The highest BCUT2D eigenvalue weighted by Gasteiger charge is 2.19. The number of carbonyl (C=O) groups excluding carboxylic acids is 2. The summed E-state index contributed by atoms with van der Waals surface area (Å²) in [6.07, 6.45) is 4.09. The molecule has 1 aliphatic heterocycles. The van der Waals surface area contributed by atoms with Crippen molar-refractivity contribution >= 4 is 30.5 Å². The number of ether oxygens (including phenoxy) is 1. The maximum atomic E-state index is 12.3. The molecule has 0 saturated carbocycles. The molecule has 14 nitrogen and oxygen atoms in total. The average Bonchev–Trinajstić information content (AvgIpc) is 2.93. The summed E-state index contributed by atoms with van der Waals surface area (Å²) >= 11 is 0. The summed E-state index contributed by atoms with van der Waals surface area (Å²) in [5, 5.41) is 25.5. The Morgan fingerprint density at radius 2 is 1.78 bits per heavy atom. The summed E-state index contributed by atoms with van der Waals surface area (Å²) in [6.45, 7) is 6.72. The largest absolute Gasteiger partial charge is 0.480 e. The van der Waals surface area contributed by atoms with E-state index in [2.05, 4.69) is 25.7 Å². The van der Waals surface area contributed by atoms with E-state index in [0.717, 1.165) is 24.2 Å². The highest BCUT2D eigenvalue weighted by Crippen LogP contribution is 2.09. The molecule has 2 rings (SSSR count). The molecule has 1 atom stereocenters. The topological polar surface area (TPSA) is 177 Å². The SMILES string of the molecule is CCC/C=N/NC(CCC(=O)NCCCN1CCN(COC=O)Cc2cccc(n2)CN(CC(=O)O)CC1)C(=O)O. The molecule has 2 heterocycles. The molecule has 1 aromatic rings. The number of hydrogen-bond acceptors (Lipinski definition) is 11. The first-order chi connectivity index (χ1) is 19.8. The number of hydrogen-bond donors (Lipinski definition) is 4. The highest BCUT2D eigenvalue weighted by atomic mass is 16.5. The lowest BCUT2D eigenvalue weighted by molar-refractivity contribution is -0.140. The van der Waals surface area contributed by atoms with Crippen molar-refractivity contribution < 1.29 is 34.1 Å². The van der Waals surface area contributed by atoms with E-state index in [0.29, 0.717) is 65.3 Å². The van der Waals surface area contributed by atoms with Gasteiger partial charge in [-0.3, -0.25) is 34.6 Å². The van der Waals surface area contributed by atoms with Crippen LogP contribution in [0.4, 0.5) is 0 Å². The molecule has 14 heteroatoms. The third kappa shape index (κ3) is 14.5. The number of unbranched alkanes of at least 4 members (excludes halogenated alkanes) is 1. The number of fused-ring (bicyclic) bond motifs is 2. The van der Waals surface area contributed by atoms with Crippen molar-refractivity contribution in [3.05, 3.63) is 29.6 Å². The average molecular weight is 578 g/mol. The maximum Gasteiger partial charge on any atom is 0.327 e. The summed E-state index contributed by atoms with van der Waals surface area (Å²) in [7, 11) is 0. The zero-order valence-corrected chi connectivity index (χ0v) is 23.7. The van der Waals surface area contributed by atoms with Crippen LogP contribution in [0.15, 0.2) is 23.3 Å². The van der Waals surface area contributed by atoms with Gasteiger partial charge in [0.05, 0.1) is 17.9 Å². The second-order valence-corrected chi connectivity index (χ2v) is 9.87. The molecule has 1 aromatic heterocycles. The van der Waals surface area contributed by atoms with Gasteiger partial charge >= 0.3 is 11.9 Å². The van der Waals surface area contributed by atoms with Crippen molar-refractivity contribution in [2.24, 2.45) is 5.10 Å². The smallest absolute Gasteiger partial charge is 0.327 e. The molecular formula is C27H43N7O7. The number of carbonyl (C=O) groups is 4. The van der Waals surface area contributed by atoms with Gasteiger partial charge in [-0.2, -0.15) is 5.10 Å². The Morgan fingerprint density at radius 3 is 2.44 bits per heavy atom. The normalized spacial score (nSPS) is 16.3. The van der Waals surface area contributed by atoms with E-state index in [1.165, 1.54) is 0 Å². The number of hydrazone groups is 1. The standard InChI is InChI=1S/C27H43N7O7/c1-2-3-11-29-31-24(27(39)40)8-9-25(36)28-10-5-12-32-13-15-33(19-26(37)38)17-22-6-4-7-23(30-22)18-34(16-14-32)20-41-21-35/h4,6-7,11,21,24,31H,2-3,5,8-10,12-20H2,1H3,(H,28,36)(H,37,38)(H,39,40)/b29-11+. The fraction of sp³-hybridized carbons (Fsp3) is 0.630. The number of aliphatic carboxylic acids is 2. The number of nitrogens with one attached hydrogen (secondary N) is 2. The lowest BCUT2D eigenvalue weighted by Crippen LogP contribution is -2.42. The van der Waals surface area contributed by atoms with Crippen LogP contribution in [0.5, 0.6) is 0 Å². The summed E-state index contributed by atoms with van der Waals surface area (Å²) in [6, 6.07) is 4.71. The zero-order chi connectivity index (χ0) is 29.9. The fourth-order valence-electron chi connectivity index (χ4n) is 4.27. The van der Waals surface area contributed by atoms with Crippen LogP contribution in [0.3, 0.4) is 0 Å². The Hall–Kier alpha value is -3.62. The number of pyridine rings is 1. The Morgan fingerprint density at radius 1 is 1.10 bits per heavy atom. The number of aromatic nitrogens is 1. The molecule has 228 valence electrons. The Kier molecular flexibility index (Phi) is 15.9. The molecular weight excluding hydrogens is 534 g/mol. The maximum absolute atomic E-state index is 12.3. The van der Waals surface area contributed by atoms with Crippen LogP contribution in [0.2, 0.25) is 0 Å². The number of carboxylic acids is 2. The molecule has 1 amide bonds. The van der Waals surface area contributed by atoms with Crippen molar-refractivity contribution in [3.63, 3.8) is 0 Å². The van der Waals surface area contributed by atoms with Crippen LogP contribution in [-0.4, -0.2) is 119 Å². The second kappa shape index (κ2) is 19.5. The summed E-state index contributed by atoms with van der Waals surface area (Å²) in [5.74, 6) is -2.20. The monoisotopic (exact) mass is 577 g/mol. The molecule has 0 radical (unpaired) electrons. The molecule has 1 unspecified atom stereocenters. The Balaban J connectivity index is 1.91. The minimum atomic E-state index is -1.06. The van der Waals surface area contributed by atoms with Crippen LogP contribution in [0.25, 0.3) is 0 Å². The van der Waals surface area contributed by atoms with E-state index >= 15 is 0 Å². The van der Waals surface area contributed by atoms with Crippen LogP contribution < -0.4 is 10.7 Å². The fourth-order valence-corrected chi connectivity index (χ4v) is 4.27. The number of nitrogens with zero attached hydrogens (tertiary/aromatic N) is 5. The number of rotatable bonds is 17. The molecule has 0 aromatic carbocycles. The summed E-state index contributed by atoms with van der Waals surface area (Å²) < 4.78 is 5.01. The van der Waals surface area contributed by atoms with Gasteiger partial charge in [-0.1, -0.05) is 19.4 Å². The van der Waals surface area contributed by atoms with E-state index in [1.54, 1.807) is 6.21 Å². The van der Waals surface area contributed by atoms with E-state index < -0.39 is 18.0 Å². The lowest BCUT2D eigenvalue weighted by atomic mass is 10.1. The van der Waals surface area contributed by atoms with Crippen LogP contribution in [0.1, 0.15) is 50.4 Å². The molecule has 0 fully saturated rings. The second-order valence-electron chi connectivity index (χ2n) is 9.87. The Bertz CT molecular complexity index is 995. The molecule has 0 spiro atoms. The van der Waals surface area contributed by atoms with E-state index in [9.17, 15) is 29.4 Å². The zero-order valence-electron chi connectivity index (χ0n) is 23.7. The van der Waals surface area contributed by atoms with Gasteiger partial charge in [-0.15, -0.1) is 0 Å². The van der Waals surface area contributed by atoms with Gasteiger partial charge in [0.1, 0.15) is 12.8 Å². The van der Waals surface area contributed by atoms with E-state index in [1.807, 2.05) is 34.9 Å². The first kappa shape index (κ1) is 33.6. The number of amides is 1. The van der Waals surface area contributed by atoms with Gasteiger partial charge in [-0.25, -0.2) is 4.79 Å². The first-order valence-electron chi connectivity index (χ1n) is 14.0. The molecule has 2 bridgehead atoms. The summed E-state index contributed by atoms with van der Waals surface area (Å²) in [4.78, 5) is 56.7. The predicted molar refractivity (Wildman–Crippen MR) is 151 cm³/mol. The van der Waals surface area contributed by atoms with Crippen LogP contribution in [0, 0.1) is 0 Å². The van der Waals surface area contributed by atoms with Gasteiger partial charge in [0.15, 0.2) is 0 Å². The van der Waals surface area contributed by atoms with Crippen molar-refractivity contribution in [2.75, 3.05) is 52.5 Å². The third-order valence-corrected chi connectivity index (χ3v) is 6.46. The molecule has 4 N–H and O–H groups in total. The molecule has 0 aliphatic carbocycles. The third-order valence-electron chi connectivity index (χ3n) is 6.46. The molecule has 0 saturated heterocycles. The van der Waals surface area contributed by atoms with E-state index in [4.69, 9.17) is 4.74 Å². The Labute approximate surface area is 240 Å². The number of carboxylic acid groups (broad SMARTS) is 2. The van der Waals surface area contributed by atoms with Crippen molar-refractivity contribution in [2.45, 2.75) is 58.2 Å². The van der Waals surface area contributed by atoms with Crippen LogP contribution >= 0.6 is 0 Å². The minimum Gasteiger partial charge on any atom is -0.480 e. The summed E-state index contributed by atoms with van der Waals surface area (Å²) in [5.41, 5.74) is 4.16. The lowest BCUT2D eigenvalue weighted by Gasteiger charge is -2.30. The van der Waals surface area contributed by atoms with Crippen LogP contribution in [-0.2, 0) is 37.0 Å². The highest BCUT2D eigenvalue weighted by molar-refractivity contribution is 5.78. The van der Waals surface area contributed by atoms with Gasteiger partial charge < -0.3 is 25.2 Å². The van der Waals surface area contributed by atoms with Crippen molar-refractivity contribution in [3.8, 4) is 0 Å². The van der Waals surface area contributed by atoms with E-state index in [-0.39, 0.29) is 32.0 Å². The minimum absolute atomic E-state index is 0.0566. The molecule has 1 aliphatic rings. The van der Waals surface area contributed by atoms with Gasteiger partial charge in [-0.05, 0) is 37.9 Å².